The van der Waals surface area contributed by atoms with Crippen molar-refractivity contribution in [1.82, 2.24) is 0 Å². The molecule has 21 heavy (non-hydrogen) atoms. The molecule has 0 atom stereocenters. The minimum absolute atomic E-state index is 0.180. The molecule has 2 N–H and O–H groups in total. The number of nitrogens with one attached hydrogen (secondary N) is 1. The fourth-order valence-electron chi connectivity index (χ4n) is 1.69. The second-order valence-corrected chi connectivity index (χ2v) is 7.29. The van der Waals surface area contributed by atoms with E-state index in [0.29, 0.717) is 15.8 Å². The highest BCUT2D eigenvalue weighted by Crippen LogP contribution is 2.27. The minimum Gasteiger partial charge on any atom is -0.478 e. The molecule has 110 valence electrons. The number of hydrogen-bond acceptors (Lipinski definition) is 4. The van der Waals surface area contributed by atoms with E-state index in [1.54, 1.807) is 18.2 Å². The van der Waals surface area contributed by atoms with E-state index >= 15 is 0 Å². The van der Waals surface area contributed by atoms with Gasteiger partial charge in [0.25, 0.3) is 0 Å². The number of rotatable bonds is 4. The van der Waals surface area contributed by atoms with Crippen LogP contribution in [0.15, 0.2) is 51.8 Å². The Morgan fingerprint density at radius 3 is 2.24 bits per heavy atom. The van der Waals surface area contributed by atoms with E-state index in [4.69, 9.17) is 5.11 Å². The van der Waals surface area contributed by atoms with Crippen molar-refractivity contribution in [1.29, 1.82) is 0 Å². The molecule has 0 aromatic heterocycles. The molecule has 2 aromatic carbocycles. The van der Waals surface area contributed by atoms with Crippen molar-refractivity contribution in [2.75, 3.05) is 11.6 Å². The number of hydrogen-bond donors (Lipinski definition) is 2. The smallest absolute Gasteiger partial charge is 0.335 e. The van der Waals surface area contributed by atoms with Crippen LogP contribution < -0.4 is 5.32 Å². The van der Waals surface area contributed by atoms with Crippen LogP contribution in [0.3, 0.4) is 0 Å². The quantitative estimate of drug-likeness (QED) is 0.863. The van der Waals surface area contributed by atoms with Crippen molar-refractivity contribution in [3.05, 3.63) is 52.5 Å². The van der Waals surface area contributed by atoms with Crippen LogP contribution in [0, 0.1) is 0 Å². The number of carboxylic acid groups (broad SMARTS) is 1. The van der Waals surface area contributed by atoms with Gasteiger partial charge in [0.1, 0.15) is 0 Å². The third kappa shape index (κ3) is 3.83. The van der Waals surface area contributed by atoms with E-state index in [0.717, 1.165) is 6.26 Å². The van der Waals surface area contributed by atoms with Crippen molar-refractivity contribution >= 4 is 43.1 Å². The summed E-state index contributed by atoms with van der Waals surface area (Å²) in [7, 11) is -3.22. The number of carboxylic acids is 1. The van der Waals surface area contributed by atoms with Crippen molar-refractivity contribution in [3.8, 4) is 0 Å². The van der Waals surface area contributed by atoms with Gasteiger partial charge in [-0.25, -0.2) is 13.2 Å². The normalized spacial score (nSPS) is 11.1. The molecule has 0 radical (unpaired) electrons. The zero-order chi connectivity index (χ0) is 15.6. The lowest BCUT2D eigenvalue weighted by Gasteiger charge is -2.09. The van der Waals surface area contributed by atoms with Crippen LogP contribution in [0.4, 0.5) is 11.4 Å². The molecule has 0 fully saturated rings. The van der Waals surface area contributed by atoms with E-state index in [1.165, 1.54) is 24.3 Å². The minimum atomic E-state index is -3.22. The fraction of sp³-hybridized carbons (Fsp3) is 0.0714. The maximum Gasteiger partial charge on any atom is 0.335 e. The Morgan fingerprint density at radius 2 is 1.76 bits per heavy atom. The predicted octanol–water partition coefficient (Wildman–Crippen LogP) is 3.29. The van der Waals surface area contributed by atoms with Crippen molar-refractivity contribution in [2.45, 2.75) is 4.90 Å². The van der Waals surface area contributed by atoms with Gasteiger partial charge in [0.2, 0.25) is 0 Å². The van der Waals surface area contributed by atoms with Gasteiger partial charge in [-0.1, -0.05) is 0 Å². The maximum absolute atomic E-state index is 11.4. The lowest BCUT2D eigenvalue weighted by Crippen LogP contribution is -1.99. The summed E-state index contributed by atoms with van der Waals surface area (Å²) in [6.07, 6.45) is 1.15. The lowest BCUT2D eigenvalue weighted by molar-refractivity contribution is 0.0697. The average molecular weight is 370 g/mol. The Morgan fingerprint density at radius 1 is 1.14 bits per heavy atom. The third-order valence-electron chi connectivity index (χ3n) is 2.78. The maximum atomic E-state index is 11.4. The molecule has 0 aliphatic rings. The van der Waals surface area contributed by atoms with E-state index in [1.807, 2.05) is 0 Å². The molecule has 2 rings (SSSR count). The summed E-state index contributed by atoms with van der Waals surface area (Å²) in [5.74, 6) is -1.00. The van der Waals surface area contributed by atoms with Gasteiger partial charge in [-0.15, -0.1) is 0 Å². The Balaban J connectivity index is 2.24. The summed E-state index contributed by atoms with van der Waals surface area (Å²) >= 11 is 3.30. The van der Waals surface area contributed by atoms with Crippen LogP contribution in [0.2, 0.25) is 0 Å². The van der Waals surface area contributed by atoms with Gasteiger partial charge >= 0.3 is 5.97 Å². The van der Waals surface area contributed by atoms with Crippen LogP contribution in [-0.2, 0) is 9.84 Å². The first-order valence-electron chi connectivity index (χ1n) is 5.87. The summed E-state index contributed by atoms with van der Waals surface area (Å²) in [4.78, 5) is 11.1. The van der Waals surface area contributed by atoms with Crippen LogP contribution >= 0.6 is 15.9 Å². The van der Waals surface area contributed by atoms with Crippen molar-refractivity contribution in [3.63, 3.8) is 0 Å². The highest BCUT2D eigenvalue weighted by atomic mass is 79.9. The number of anilines is 2. The molecule has 0 amide bonds. The molecule has 0 bridgehead atoms. The molecule has 0 unspecified atom stereocenters. The van der Waals surface area contributed by atoms with E-state index in [9.17, 15) is 13.2 Å². The van der Waals surface area contributed by atoms with E-state index in [2.05, 4.69) is 21.2 Å². The molecule has 0 spiro atoms. The third-order valence-corrected chi connectivity index (χ3v) is 4.56. The number of sulfone groups is 1. The molecular weight excluding hydrogens is 358 g/mol. The topological polar surface area (TPSA) is 83.5 Å². The van der Waals surface area contributed by atoms with E-state index < -0.39 is 15.8 Å². The van der Waals surface area contributed by atoms with Crippen LogP contribution in [0.1, 0.15) is 10.4 Å². The molecular formula is C14H12BrNO4S. The molecule has 7 heteroatoms. The Hall–Kier alpha value is -1.86. The first-order chi connectivity index (χ1) is 9.77. The number of benzene rings is 2. The molecule has 5 nitrogen and oxygen atoms in total. The Labute approximate surface area is 130 Å². The molecule has 2 aromatic rings. The second-order valence-electron chi connectivity index (χ2n) is 4.42. The summed E-state index contributed by atoms with van der Waals surface area (Å²) in [5, 5.41) is 12.0. The second kappa shape index (κ2) is 5.87. The average Bonchev–Trinajstić information content (AvgIpc) is 2.40. The van der Waals surface area contributed by atoms with Gasteiger partial charge in [-0.2, -0.15) is 0 Å². The molecule has 0 aliphatic heterocycles. The molecule has 0 aliphatic carbocycles. The number of halogens is 1. The Kier molecular flexibility index (Phi) is 4.34. The molecule has 0 heterocycles. The van der Waals surface area contributed by atoms with E-state index in [-0.39, 0.29) is 10.5 Å². The van der Waals surface area contributed by atoms with Crippen molar-refractivity contribution in [2.24, 2.45) is 0 Å². The first-order valence-corrected chi connectivity index (χ1v) is 8.56. The lowest BCUT2D eigenvalue weighted by atomic mass is 10.2. The number of carbonyl (C=O) groups is 1. The number of aromatic carboxylic acids is 1. The SMILES string of the molecule is CS(=O)(=O)c1ccc(Nc2ccc(C(=O)O)cc2Br)cc1. The fourth-order valence-corrected chi connectivity index (χ4v) is 2.80. The summed E-state index contributed by atoms with van der Waals surface area (Å²) in [6, 6.07) is 10.9. The van der Waals surface area contributed by atoms with Gasteiger partial charge in [0.15, 0.2) is 9.84 Å². The largest absolute Gasteiger partial charge is 0.478 e. The monoisotopic (exact) mass is 369 g/mol. The predicted molar refractivity (Wildman–Crippen MR) is 83.9 cm³/mol. The summed E-state index contributed by atoms with van der Waals surface area (Å²) in [6.45, 7) is 0. The van der Waals surface area contributed by atoms with Crippen LogP contribution in [0.5, 0.6) is 0 Å². The Bertz CT molecular complexity index is 785. The summed E-state index contributed by atoms with van der Waals surface area (Å²) < 4.78 is 23.4. The zero-order valence-corrected chi connectivity index (χ0v) is 13.4. The van der Waals surface area contributed by atoms with Gasteiger partial charge in [0, 0.05) is 16.4 Å². The van der Waals surface area contributed by atoms with Crippen LogP contribution in [-0.4, -0.2) is 25.7 Å². The summed E-state index contributed by atoms with van der Waals surface area (Å²) in [5.41, 5.74) is 1.57. The van der Waals surface area contributed by atoms with Gasteiger partial charge in [-0.3, -0.25) is 0 Å². The van der Waals surface area contributed by atoms with Gasteiger partial charge in [0.05, 0.1) is 16.1 Å². The highest BCUT2D eigenvalue weighted by Gasteiger charge is 2.08. The molecule has 0 saturated carbocycles. The van der Waals surface area contributed by atoms with Gasteiger partial charge < -0.3 is 10.4 Å². The molecule has 0 saturated heterocycles. The highest BCUT2D eigenvalue weighted by molar-refractivity contribution is 9.10. The zero-order valence-electron chi connectivity index (χ0n) is 11.0. The first kappa shape index (κ1) is 15.5. The van der Waals surface area contributed by atoms with Crippen LogP contribution in [0.25, 0.3) is 0 Å². The van der Waals surface area contributed by atoms with Gasteiger partial charge in [-0.05, 0) is 58.4 Å². The van der Waals surface area contributed by atoms with Crippen molar-refractivity contribution < 1.29 is 18.3 Å². The standard InChI is InChI=1S/C14H12BrNO4S/c1-21(19,20)11-5-3-10(4-6-11)16-13-7-2-9(14(17)18)8-12(13)15/h2-8,16H,1H3,(H,17,18).